The molecule has 1 aromatic rings. The molecule has 2 rings (SSSR count). The van der Waals surface area contributed by atoms with Crippen LogP contribution in [-0.4, -0.2) is 72.9 Å². The Labute approximate surface area is 219 Å². The van der Waals surface area contributed by atoms with Crippen molar-refractivity contribution in [3.05, 3.63) is 33.8 Å². The third kappa shape index (κ3) is 7.94. The molecule has 1 heterocycles. The number of nitrogens with zero attached hydrogens (tertiary/aromatic N) is 1. The zero-order chi connectivity index (χ0) is 27.2. The average Bonchev–Trinajstić information content (AvgIpc) is 2.76. The number of Topliss-reactive ketones (excluding diaryl/α,β-unsaturated/α-hetero) is 1. The van der Waals surface area contributed by atoms with E-state index in [1.165, 1.54) is 32.3 Å². The summed E-state index contributed by atoms with van der Waals surface area (Å²) in [6.45, 7) is 3.44. The second-order valence-corrected chi connectivity index (χ2v) is 10.2. The number of aliphatic carboxylic acids is 1. The zero-order valence-electron chi connectivity index (χ0n) is 20.5. The molecule has 2 amide bonds. The first kappa shape index (κ1) is 29.6. The second-order valence-electron chi connectivity index (χ2n) is 9.36. The number of hydrogen-bond donors (Lipinski definition) is 2. The summed E-state index contributed by atoms with van der Waals surface area (Å²) in [7, 11) is 1.53. The van der Waals surface area contributed by atoms with Crippen molar-refractivity contribution in [3.8, 4) is 0 Å². The predicted octanol–water partition coefficient (Wildman–Crippen LogP) is 2.85. The van der Waals surface area contributed by atoms with Crippen LogP contribution in [0.15, 0.2) is 18.2 Å². The highest BCUT2D eigenvalue weighted by Crippen LogP contribution is 2.36. The molecule has 36 heavy (non-hydrogen) atoms. The smallest absolute Gasteiger partial charge is 0.509 e. The van der Waals surface area contributed by atoms with E-state index >= 15 is 0 Å². The molecule has 13 heteroatoms. The van der Waals surface area contributed by atoms with Crippen molar-refractivity contribution in [1.29, 1.82) is 0 Å². The van der Waals surface area contributed by atoms with Crippen molar-refractivity contribution >= 4 is 59.9 Å². The lowest BCUT2D eigenvalue weighted by atomic mass is 9.63. The fraction of sp³-hybridized carbons (Fsp3) is 0.522. The maximum atomic E-state index is 12.9. The molecule has 0 saturated carbocycles. The van der Waals surface area contributed by atoms with Crippen molar-refractivity contribution in [2.75, 3.05) is 20.6 Å². The summed E-state index contributed by atoms with van der Waals surface area (Å²) in [5.74, 6) is -4.42. The van der Waals surface area contributed by atoms with Crippen molar-refractivity contribution < 1.29 is 38.4 Å². The molecular formula is C23H29BCl2N2O8. The fourth-order valence-electron chi connectivity index (χ4n) is 4.05. The van der Waals surface area contributed by atoms with Gasteiger partial charge in [-0.3, -0.25) is 24.0 Å². The number of amides is 2. The van der Waals surface area contributed by atoms with E-state index in [4.69, 9.17) is 32.5 Å². The number of ketones is 1. The molecular weight excluding hydrogens is 514 g/mol. The third-order valence-electron chi connectivity index (χ3n) is 5.52. The van der Waals surface area contributed by atoms with E-state index in [0.29, 0.717) is 11.4 Å². The van der Waals surface area contributed by atoms with Crippen LogP contribution in [0.2, 0.25) is 15.9 Å². The van der Waals surface area contributed by atoms with Crippen LogP contribution in [0.5, 0.6) is 0 Å². The van der Waals surface area contributed by atoms with Crippen molar-refractivity contribution in [1.82, 2.24) is 10.2 Å². The Morgan fingerprint density at radius 3 is 2.47 bits per heavy atom. The summed E-state index contributed by atoms with van der Waals surface area (Å²) in [5.41, 5.74) is -1.84. The molecule has 0 spiro atoms. The zero-order valence-corrected chi connectivity index (χ0v) is 22.0. The van der Waals surface area contributed by atoms with Crippen LogP contribution in [0.25, 0.3) is 0 Å². The molecule has 196 valence electrons. The summed E-state index contributed by atoms with van der Waals surface area (Å²) in [6.07, 6.45) is -1.09. The van der Waals surface area contributed by atoms with Crippen LogP contribution in [0, 0.1) is 5.92 Å². The third-order valence-corrected chi connectivity index (χ3v) is 6.08. The van der Waals surface area contributed by atoms with Crippen LogP contribution in [-0.2, 0) is 28.5 Å². The van der Waals surface area contributed by atoms with Gasteiger partial charge in [0.05, 0.1) is 30.0 Å². The highest BCUT2D eigenvalue weighted by atomic mass is 35.5. The van der Waals surface area contributed by atoms with Gasteiger partial charge in [-0.15, -0.1) is 0 Å². The van der Waals surface area contributed by atoms with Gasteiger partial charge in [0.15, 0.2) is 11.4 Å². The molecule has 1 aliphatic rings. The van der Waals surface area contributed by atoms with E-state index in [1.807, 2.05) is 13.8 Å². The van der Waals surface area contributed by atoms with E-state index in [-0.39, 0.29) is 35.3 Å². The number of carbonyl (C=O) groups excluding carboxylic acids is 4. The summed E-state index contributed by atoms with van der Waals surface area (Å²) in [4.78, 5) is 63.3. The topological polar surface area (TPSA) is 139 Å². The summed E-state index contributed by atoms with van der Waals surface area (Å²) < 4.78 is 11.2. The number of carbonyl (C=O) groups is 5. The van der Waals surface area contributed by atoms with Gasteiger partial charge in [0.2, 0.25) is 0 Å². The van der Waals surface area contributed by atoms with Crippen LogP contribution < -0.4 is 5.32 Å². The fourth-order valence-corrected chi connectivity index (χ4v) is 4.42. The Bertz CT molecular complexity index is 1030. The first-order valence-corrected chi connectivity index (χ1v) is 12.1. The standard InChI is InChI=1S/C23H29BCl2N2O8/c1-13(2)7-14(8-16(29)12-27-21(33)17-9-15(25)5-6-18(17)26)24-35-20(32)11-23(36-24,10-19(30)31)22(34)28(3)4/h5-6,9,13-14H,7-8,10-12H2,1-4H3,(H,27,33)(H,30,31)/t14-,23+/m1/s1. The predicted molar refractivity (Wildman–Crippen MR) is 133 cm³/mol. The molecule has 1 saturated heterocycles. The minimum absolute atomic E-state index is 0.0466. The first-order chi connectivity index (χ1) is 16.7. The minimum Gasteiger partial charge on any atom is -0.509 e. The quantitative estimate of drug-likeness (QED) is 0.407. The largest absolute Gasteiger partial charge is 0.531 e. The van der Waals surface area contributed by atoms with Gasteiger partial charge in [0.1, 0.15) is 0 Å². The van der Waals surface area contributed by atoms with Gasteiger partial charge in [0.25, 0.3) is 17.8 Å². The number of rotatable bonds is 11. The maximum absolute atomic E-state index is 12.9. The van der Waals surface area contributed by atoms with Crippen LogP contribution in [0.3, 0.4) is 0 Å². The Hall–Kier alpha value is -2.63. The molecule has 0 radical (unpaired) electrons. The van der Waals surface area contributed by atoms with E-state index in [2.05, 4.69) is 5.32 Å². The van der Waals surface area contributed by atoms with E-state index in [0.717, 1.165) is 4.90 Å². The highest BCUT2D eigenvalue weighted by Gasteiger charge is 2.54. The summed E-state index contributed by atoms with van der Waals surface area (Å²) in [6, 6.07) is 4.37. The molecule has 10 nitrogen and oxygen atoms in total. The summed E-state index contributed by atoms with van der Waals surface area (Å²) in [5, 5.41) is 12.4. The van der Waals surface area contributed by atoms with Crippen LogP contribution in [0.4, 0.5) is 0 Å². The van der Waals surface area contributed by atoms with Crippen LogP contribution in [0.1, 0.15) is 49.9 Å². The Kier molecular flexibility index (Phi) is 10.3. The van der Waals surface area contributed by atoms with Crippen molar-refractivity contribution in [2.45, 2.75) is 50.9 Å². The first-order valence-electron chi connectivity index (χ1n) is 11.3. The molecule has 1 aromatic carbocycles. The Balaban J connectivity index is 2.19. The number of benzene rings is 1. The second kappa shape index (κ2) is 12.6. The van der Waals surface area contributed by atoms with Gasteiger partial charge >= 0.3 is 13.1 Å². The number of carboxylic acid groups (broad SMARTS) is 1. The van der Waals surface area contributed by atoms with Gasteiger partial charge in [-0.25, -0.2) is 0 Å². The molecule has 0 unspecified atom stereocenters. The monoisotopic (exact) mass is 542 g/mol. The molecule has 0 aliphatic carbocycles. The van der Waals surface area contributed by atoms with Crippen LogP contribution >= 0.6 is 23.2 Å². The Morgan fingerprint density at radius 2 is 1.89 bits per heavy atom. The van der Waals surface area contributed by atoms with E-state index < -0.39 is 55.1 Å². The van der Waals surface area contributed by atoms with E-state index in [1.54, 1.807) is 0 Å². The lowest BCUT2D eigenvalue weighted by Gasteiger charge is -2.40. The molecule has 2 atom stereocenters. The molecule has 2 N–H and O–H groups in total. The lowest BCUT2D eigenvalue weighted by molar-refractivity contribution is -0.169. The molecule has 0 bridgehead atoms. The van der Waals surface area contributed by atoms with Gasteiger partial charge in [0, 0.05) is 31.4 Å². The maximum Gasteiger partial charge on any atom is 0.531 e. The van der Waals surface area contributed by atoms with Crippen molar-refractivity contribution in [3.63, 3.8) is 0 Å². The minimum atomic E-state index is -1.95. The molecule has 0 aromatic heterocycles. The molecule has 1 fully saturated rings. The lowest BCUT2D eigenvalue weighted by Crippen LogP contribution is -2.59. The average molecular weight is 543 g/mol. The van der Waals surface area contributed by atoms with Gasteiger partial charge < -0.3 is 24.6 Å². The van der Waals surface area contributed by atoms with Gasteiger partial charge in [-0.2, -0.15) is 0 Å². The highest BCUT2D eigenvalue weighted by molar-refractivity contribution is 6.50. The van der Waals surface area contributed by atoms with E-state index in [9.17, 15) is 29.1 Å². The number of nitrogens with one attached hydrogen (secondary N) is 1. The van der Waals surface area contributed by atoms with Crippen molar-refractivity contribution in [2.24, 2.45) is 5.92 Å². The summed E-state index contributed by atoms with van der Waals surface area (Å²) >= 11 is 11.9. The Morgan fingerprint density at radius 1 is 1.22 bits per heavy atom. The number of likely N-dealkylation sites (N-methyl/N-ethyl adjacent to an activating group) is 1. The SMILES string of the molecule is CC(C)C[C@H](CC(=O)CNC(=O)c1cc(Cl)ccc1Cl)B1OC(=O)C[C@@](CC(=O)O)(C(=O)N(C)C)O1. The van der Waals surface area contributed by atoms with Gasteiger partial charge in [-0.1, -0.05) is 37.0 Å². The number of hydrogen-bond acceptors (Lipinski definition) is 7. The number of halogens is 2. The molecule has 1 aliphatic heterocycles. The van der Waals surface area contributed by atoms with Gasteiger partial charge in [-0.05, 0) is 30.5 Å². The number of carboxylic acids is 1. The normalized spacial score (nSPS) is 18.4.